The van der Waals surface area contributed by atoms with Gasteiger partial charge in [-0.2, -0.15) is 0 Å². The van der Waals surface area contributed by atoms with E-state index in [1.54, 1.807) is 0 Å². The van der Waals surface area contributed by atoms with Crippen LogP contribution in [0.5, 0.6) is 0 Å². The first-order valence-corrected chi connectivity index (χ1v) is 8.06. The fraction of sp³-hybridized carbons (Fsp3) is 1.00. The molecule has 2 rings (SSSR count). The van der Waals surface area contributed by atoms with Gasteiger partial charge in [0.25, 0.3) is 0 Å². The molecule has 2 aliphatic carbocycles. The van der Waals surface area contributed by atoms with E-state index in [9.17, 15) is 0 Å². The van der Waals surface area contributed by atoms with Gasteiger partial charge in [0.1, 0.15) is 0 Å². The molecule has 0 aliphatic heterocycles. The number of rotatable bonds is 7. The van der Waals surface area contributed by atoms with Gasteiger partial charge in [0, 0.05) is 13.2 Å². The molecule has 0 aromatic heterocycles. The van der Waals surface area contributed by atoms with E-state index in [0.717, 1.165) is 24.3 Å². The van der Waals surface area contributed by atoms with E-state index in [2.05, 4.69) is 19.2 Å². The average molecular weight is 253 g/mol. The van der Waals surface area contributed by atoms with Crippen molar-refractivity contribution in [2.75, 3.05) is 13.7 Å². The van der Waals surface area contributed by atoms with Crippen LogP contribution in [0.3, 0.4) is 0 Å². The Balaban J connectivity index is 1.92. The standard InChI is InChI=1S/C16H31NO/c1-4-12-6-8-13(9-7-12)15(17-5-2)16(18-3)14-10-11-14/h12-17H,4-11H2,1-3H3. The Kier molecular flexibility index (Phi) is 5.50. The number of methoxy groups -OCH3 is 1. The van der Waals surface area contributed by atoms with Gasteiger partial charge in [-0.3, -0.25) is 0 Å². The Bertz CT molecular complexity index is 231. The van der Waals surface area contributed by atoms with Crippen LogP contribution in [0.4, 0.5) is 0 Å². The summed E-state index contributed by atoms with van der Waals surface area (Å²) >= 11 is 0. The lowest BCUT2D eigenvalue weighted by atomic mass is 9.75. The monoisotopic (exact) mass is 253 g/mol. The molecule has 0 heterocycles. The third-order valence-electron chi connectivity index (χ3n) is 5.13. The minimum atomic E-state index is 0.466. The summed E-state index contributed by atoms with van der Waals surface area (Å²) in [6.07, 6.45) is 10.3. The van der Waals surface area contributed by atoms with Crippen LogP contribution in [-0.2, 0) is 4.74 Å². The molecule has 0 aromatic carbocycles. The van der Waals surface area contributed by atoms with Crippen LogP contribution >= 0.6 is 0 Å². The molecule has 0 bridgehead atoms. The van der Waals surface area contributed by atoms with E-state index in [1.807, 2.05) is 7.11 Å². The van der Waals surface area contributed by atoms with Crippen LogP contribution in [0, 0.1) is 17.8 Å². The number of ether oxygens (including phenoxy) is 1. The molecular formula is C16H31NO. The minimum Gasteiger partial charge on any atom is -0.380 e. The first-order valence-electron chi connectivity index (χ1n) is 8.06. The molecule has 0 amide bonds. The second-order valence-electron chi connectivity index (χ2n) is 6.31. The van der Waals surface area contributed by atoms with Gasteiger partial charge >= 0.3 is 0 Å². The van der Waals surface area contributed by atoms with Crippen LogP contribution < -0.4 is 5.32 Å². The summed E-state index contributed by atoms with van der Waals surface area (Å²) in [6, 6.07) is 0.602. The lowest BCUT2D eigenvalue weighted by Crippen LogP contribution is -2.48. The maximum Gasteiger partial charge on any atom is 0.0755 e. The van der Waals surface area contributed by atoms with Crippen molar-refractivity contribution in [2.45, 2.75) is 70.9 Å². The second kappa shape index (κ2) is 6.91. The van der Waals surface area contributed by atoms with Gasteiger partial charge < -0.3 is 10.1 Å². The Morgan fingerprint density at radius 2 is 1.61 bits per heavy atom. The highest BCUT2D eigenvalue weighted by atomic mass is 16.5. The molecule has 0 saturated heterocycles. The Hall–Kier alpha value is -0.0800. The smallest absolute Gasteiger partial charge is 0.0755 e. The summed E-state index contributed by atoms with van der Waals surface area (Å²) < 4.78 is 5.83. The second-order valence-corrected chi connectivity index (χ2v) is 6.31. The van der Waals surface area contributed by atoms with Gasteiger partial charge in [0.2, 0.25) is 0 Å². The van der Waals surface area contributed by atoms with Crippen LogP contribution in [0.25, 0.3) is 0 Å². The van der Waals surface area contributed by atoms with Crippen molar-refractivity contribution < 1.29 is 4.74 Å². The van der Waals surface area contributed by atoms with E-state index in [4.69, 9.17) is 4.74 Å². The molecule has 106 valence electrons. The van der Waals surface area contributed by atoms with Crippen molar-refractivity contribution in [1.82, 2.24) is 5.32 Å². The van der Waals surface area contributed by atoms with E-state index in [1.165, 1.54) is 44.9 Å². The molecular weight excluding hydrogens is 222 g/mol. The zero-order valence-electron chi connectivity index (χ0n) is 12.5. The Morgan fingerprint density at radius 1 is 1.00 bits per heavy atom. The van der Waals surface area contributed by atoms with E-state index in [0.29, 0.717) is 12.1 Å². The number of hydrogen-bond donors (Lipinski definition) is 1. The van der Waals surface area contributed by atoms with Crippen molar-refractivity contribution >= 4 is 0 Å². The number of nitrogens with one attached hydrogen (secondary N) is 1. The summed E-state index contributed by atoms with van der Waals surface area (Å²) in [4.78, 5) is 0. The molecule has 0 aromatic rings. The van der Waals surface area contributed by atoms with Gasteiger partial charge in [-0.15, -0.1) is 0 Å². The number of hydrogen-bond acceptors (Lipinski definition) is 2. The maximum atomic E-state index is 5.83. The van der Waals surface area contributed by atoms with Crippen molar-refractivity contribution in [3.63, 3.8) is 0 Å². The van der Waals surface area contributed by atoms with E-state index in [-0.39, 0.29) is 0 Å². The molecule has 1 N–H and O–H groups in total. The first-order chi connectivity index (χ1) is 8.80. The van der Waals surface area contributed by atoms with Crippen LogP contribution in [-0.4, -0.2) is 25.8 Å². The fourth-order valence-corrected chi connectivity index (χ4v) is 3.80. The number of likely N-dealkylation sites (N-methyl/N-ethyl adjacent to an activating group) is 1. The van der Waals surface area contributed by atoms with E-state index >= 15 is 0 Å². The molecule has 2 saturated carbocycles. The summed E-state index contributed by atoms with van der Waals surface area (Å²) in [5, 5.41) is 3.73. The normalized spacial score (nSPS) is 32.2. The Morgan fingerprint density at radius 3 is 2.06 bits per heavy atom. The molecule has 2 heteroatoms. The molecule has 2 unspecified atom stereocenters. The zero-order chi connectivity index (χ0) is 13.0. The minimum absolute atomic E-state index is 0.466. The average Bonchev–Trinajstić information content (AvgIpc) is 3.23. The summed E-state index contributed by atoms with van der Waals surface area (Å²) in [6.45, 7) is 5.64. The van der Waals surface area contributed by atoms with Gasteiger partial charge in [-0.05, 0) is 50.0 Å². The highest BCUT2D eigenvalue weighted by molar-refractivity contribution is 4.94. The van der Waals surface area contributed by atoms with Crippen molar-refractivity contribution in [3.8, 4) is 0 Å². The first kappa shape index (κ1) is 14.3. The van der Waals surface area contributed by atoms with Gasteiger partial charge in [-0.1, -0.05) is 33.1 Å². The molecule has 0 radical (unpaired) electrons. The molecule has 2 fully saturated rings. The predicted octanol–water partition coefficient (Wildman–Crippen LogP) is 3.61. The fourth-order valence-electron chi connectivity index (χ4n) is 3.80. The lowest BCUT2D eigenvalue weighted by molar-refractivity contribution is 0.0213. The maximum absolute atomic E-state index is 5.83. The summed E-state index contributed by atoms with van der Waals surface area (Å²) in [5.74, 6) is 2.67. The topological polar surface area (TPSA) is 21.3 Å². The van der Waals surface area contributed by atoms with Crippen molar-refractivity contribution in [3.05, 3.63) is 0 Å². The lowest BCUT2D eigenvalue weighted by Gasteiger charge is -2.38. The zero-order valence-corrected chi connectivity index (χ0v) is 12.5. The summed E-state index contributed by atoms with van der Waals surface area (Å²) in [5.41, 5.74) is 0. The van der Waals surface area contributed by atoms with Crippen molar-refractivity contribution in [2.24, 2.45) is 17.8 Å². The quantitative estimate of drug-likeness (QED) is 0.748. The van der Waals surface area contributed by atoms with Crippen LogP contribution in [0.15, 0.2) is 0 Å². The molecule has 18 heavy (non-hydrogen) atoms. The highest BCUT2D eigenvalue weighted by Crippen LogP contribution is 2.40. The third kappa shape index (κ3) is 3.48. The molecule has 2 nitrogen and oxygen atoms in total. The summed E-state index contributed by atoms with van der Waals surface area (Å²) in [7, 11) is 1.91. The van der Waals surface area contributed by atoms with Gasteiger partial charge in [0.15, 0.2) is 0 Å². The van der Waals surface area contributed by atoms with Crippen LogP contribution in [0.1, 0.15) is 58.8 Å². The molecule has 2 aliphatic rings. The third-order valence-corrected chi connectivity index (χ3v) is 5.13. The van der Waals surface area contributed by atoms with Crippen molar-refractivity contribution in [1.29, 1.82) is 0 Å². The molecule has 0 spiro atoms. The Labute approximate surface area is 113 Å². The van der Waals surface area contributed by atoms with Gasteiger partial charge in [0.05, 0.1) is 6.10 Å². The SMILES string of the molecule is CCNC(C1CCC(CC)CC1)C(OC)C1CC1. The molecule has 2 atom stereocenters. The highest BCUT2D eigenvalue weighted by Gasteiger charge is 2.40. The van der Waals surface area contributed by atoms with Crippen LogP contribution in [0.2, 0.25) is 0 Å². The van der Waals surface area contributed by atoms with E-state index < -0.39 is 0 Å². The van der Waals surface area contributed by atoms with Gasteiger partial charge in [-0.25, -0.2) is 0 Å². The predicted molar refractivity (Wildman–Crippen MR) is 76.7 cm³/mol. The largest absolute Gasteiger partial charge is 0.380 e.